The summed E-state index contributed by atoms with van der Waals surface area (Å²) in [6, 6.07) is 7.90. The van der Waals surface area contributed by atoms with Crippen molar-refractivity contribution in [1.82, 2.24) is 9.88 Å². The fraction of sp³-hybridized carbons (Fsp3) is 0.400. The average molecular weight is 258 g/mol. The number of fused-ring (bicyclic) bond motifs is 1. The predicted octanol–water partition coefficient (Wildman–Crippen LogP) is 1.68. The molecule has 1 aromatic carbocycles. The summed E-state index contributed by atoms with van der Waals surface area (Å²) in [7, 11) is 1.95. The molecule has 0 unspecified atom stereocenters. The van der Waals surface area contributed by atoms with Crippen LogP contribution >= 0.6 is 0 Å². The third-order valence-electron chi connectivity index (χ3n) is 3.90. The van der Waals surface area contributed by atoms with Gasteiger partial charge in [0.2, 0.25) is 0 Å². The molecular weight excluding hydrogens is 240 g/mol. The number of rotatable bonds is 3. The number of nitrogens with zero attached hydrogens (tertiary/aromatic N) is 1. The topological polar surface area (TPSA) is 54.3 Å². The van der Waals surface area contributed by atoms with E-state index in [0.717, 1.165) is 29.3 Å². The van der Waals surface area contributed by atoms with Gasteiger partial charge in [-0.05, 0) is 24.8 Å². The summed E-state index contributed by atoms with van der Waals surface area (Å²) >= 11 is 0. The van der Waals surface area contributed by atoms with E-state index in [1.54, 1.807) is 0 Å². The van der Waals surface area contributed by atoms with E-state index in [2.05, 4.69) is 5.32 Å². The van der Waals surface area contributed by atoms with E-state index in [-0.39, 0.29) is 12.0 Å². The van der Waals surface area contributed by atoms with Crippen LogP contribution in [0.5, 0.6) is 0 Å². The van der Waals surface area contributed by atoms with Crippen molar-refractivity contribution < 1.29 is 9.90 Å². The fourth-order valence-electron chi connectivity index (χ4n) is 2.72. The Morgan fingerprint density at radius 1 is 1.42 bits per heavy atom. The molecular formula is C15H18N2O2. The van der Waals surface area contributed by atoms with Crippen LogP contribution in [-0.4, -0.2) is 28.2 Å². The maximum atomic E-state index is 12.2. The van der Waals surface area contributed by atoms with Crippen molar-refractivity contribution in [3.63, 3.8) is 0 Å². The van der Waals surface area contributed by atoms with Gasteiger partial charge in [-0.1, -0.05) is 18.2 Å². The summed E-state index contributed by atoms with van der Waals surface area (Å²) in [6.07, 6.45) is 3.31. The Balaban J connectivity index is 1.74. The van der Waals surface area contributed by atoms with Gasteiger partial charge in [0.25, 0.3) is 5.91 Å². The molecule has 4 heteroatoms. The van der Waals surface area contributed by atoms with E-state index in [1.807, 2.05) is 42.1 Å². The molecule has 1 aromatic heterocycles. The molecule has 2 N–H and O–H groups in total. The summed E-state index contributed by atoms with van der Waals surface area (Å²) in [6.45, 7) is 0.652. The van der Waals surface area contributed by atoms with Crippen LogP contribution in [0.15, 0.2) is 30.5 Å². The number of hydrogen-bond donors (Lipinski definition) is 2. The number of aromatic nitrogens is 1. The highest BCUT2D eigenvalue weighted by Gasteiger charge is 2.27. The fourth-order valence-corrected chi connectivity index (χ4v) is 2.72. The normalized spacial score (nSPS) is 22.2. The quantitative estimate of drug-likeness (QED) is 0.880. The minimum atomic E-state index is -0.167. The largest absolute Gasteiger partial charge is 0.393 e. The van der Waals surface area contributed by atoms with Crippen LogP contribution in [0.25, 0.3) is 10.9 Å². The minimum Gasteiger partial charge on any atom is -0.393 e. The predicted molar refractivity (Wildman–Crippen MR) is 74.0 cm³/mol. The molecule has 19 heavy (non-hydrogen) atoms. The van der Waals surface area contributed by atoms with Crippen LogP contribution in [0.3, 0.4) is 0 Å². The number of aliphatic hydroxyl groups excluding tert-OH is 1. The zero-order valence-corrected chi connectivity index (χ0v) is 11.0. The summed E-state index contributed by atoms with van der Waals surface area (Å²) in [5, 5.41) is 13.2. The Kier molecular flexibility index (Phi) is 3.03. The van der Waals surface area contributed by atoms with Crippen LogP contribution in [0.2, 0.25) is 0 Å². The smallest absolute Gasteiger partial charge is 0.253 e. The lowest BCUT2D eigenvalue weighted by Gasteiger charge is -2.31. The van der Waals surface area contributed by atoms with Crippen LogP contribution in [0, 0.1) is 5.92 Å². The van der Waals surface area contributed by atoms with Gasteiger partial charge in [0.1, 0.15) is 0 Å². The van der Waals surface area contributed by atoms with Gasteiger partial charge < -0.3 is 15.0 Å². The van der Waals surface area contributed by atoms with E-state index in [4.69, 9.17) is 0 Å². The second-order valence-electron chi connectivity index (χ2n) is 5.37. The third-order valence-corrected chi connectivity index (χ3v) is 3.90. The number of amides is 1. The van der Waals surface area contributed by atoms with Crippen molar-refractivity contribution in [3.05, 3.63) is 36.0 Å². The minimum absolute atomic E-state index is 0.0295. The molecule has 0 spiro atoms. The summed E-state index contributed by atoms with van der Waals surface area (Å²) in [5.41, 5.74) is 1.78. The average Bonchev–Trinajstić information content (AvgIpc) is 2.71. The molecule has 1 amide bonds. The van der Waals surface area contributed by atoms with Crippen molar-refractivity contribution in [1.29, 1.82) is 0 Å². The second kappa shape index (κ2) is 4.70. The van der Waals surface area contributed by atoms with Gasteiger partial charge in [0.05, 0.1) is 11.7 Å². The lowest BCUT2D eigenvalue weighted by molar-refractivity contribution is 0.0420. The summed E-state index contributed by atoms with van der Waals surface area (Å²) in [4.78, 5) is 12.2. The first-order chi connectivity index (χ1) is 9.15. The van der Waals surface area contributed by atoms with Gasteiger partial charge in [0, 0.05) is 30.7 Å². The van der Waals surface area contributed by atoms with Crippen molar-refractivity contribution in [3.8, 4) is 0 Å². The Morgan fingerprint density at radius 2 is 2.16 bits per heavy atom. The maximum Gasteiger partial charge on any atom is 0.253 e. The number of hydrogen-bond acceptors (Lipinski definition) is 2. The molecule has 4 nitrogen and oxygen atoms in total. The monoisotopic (exact) mass is 258 g/mol. The van der Waals surface area contributed by atoms with Crippen molar-refractivity contribution in [2.24, 2.45) is 13.0 Å². The van der Waals surface area contributed by atoms with Gasteiger partial charge >= 0.3 is 0 Å². The lowest BCUT2D eigenvalue weighted by Crippen LogP contribution is -2.38. The standard InChI is InChI=1S/C15H18N2O2/c1-17-9-13(12-4-2-3-5-14(12)17)15(19)16-8-10-6-11(18)7-10/h2-5,9-11,18H,6-8H2,1H3,(H,16,19). The highest BCUT2D eigenvalue weighted by molar-refractivity contribution is 6.06. The Morgan fingerprint density at radius 3 is 2.89 bits per heavy atom. The highest BCUT2D eigenvalue weighted by atomic mass is 16.3. The number of nitrogens with one attached hydrogen (secondary N) is 1. The van der Waals surface area contributed by atoms with Crippen molar-refractivity contribution in [2.75, 3.05) is 6.54 Å². The van der Waals surface area contributed by atoms with Crippen LogP contribution in [0.1, 0.15) is 23.2 Å². The number of benzene rings is 1. The van der Waals surface area contributed by atoms with Crippen LogP contribution < -0.4 is 5.32 Å². The molecule has 1 saturated carbocycles. The molecule has 3 rings (SSSR count). The van der Waals surface area contributed by atoms with E-state index in [9.17, 15) is 9.90 Å². The first-order valence-electron chi connectivity index (χ1n) is 6.65. The number of aryl methyl sites for hydroxylation is 1. The molecule has 0 atom stereocenters. The first-order valence-corrected chi connectivity index (χ1v) is 6.65. The molecule has 0 radical (unpaired) electrons. The van der Waals surface area contributed by atoms with E-state index < -0.39 is 0 Å². The van der Waals surface area contributed by atoms with Gasteiger partial charge in [0.15, 0.2) is 0 Å². The molecule has 0 bridgehead atoms. The zero-order valence-electron chi connectivity index (χ0n) is 11.0. The molecule has 1 aliphatic rings. The number of carbonyl (C=O) groups is 1. The molecule has 1 fully saturated rings. The number of aliphatic hydroxyl groups is 1. The lowest BCUT2D eigenvalue weighted by atomic mass is 9.82. The van der Waals surface area contributed by atoms with E-state index in [1.165, 1.54) is 0 Å². The van der Waals surface area contributed by atoms with Crippen LogP contribution in [0.4, 0.5) is 0 Å². The van der Waals surface area contributed by atoms with Crippen molar-refractivity contribution in [2.45, 2.75) is 18.9 Å². The van der Waals surface area contributed by atoms with Gasteiger partial charge in [-0.2, -0.15) is 0 Å². The zero-order chi connectivity index (χ0) is 13.4. The SMILES string of the molecule is Cn1cc(C(=O)NCC2CC(O)C2)c2ccccc21. The Labute approximate surface area is 112 Å². The molecule has 100 valence electrons. The first kappa shape index (κ1) is 12.2. The van der Waals surface area contributed by atoms with Crippen molar-refractivity contribution >= 4 is 16.8 Å². The summed E-state index contributed by atoms with van der Waals surface area (Å²) < 4.78 is 1.97. The Hall–Kier alpha value is -1.81. The number of para-hydroxylation sites is 1. The maximum absolute atomic E-state index is 12.2. The number of carbonyl (C=O) groups excluding carboxylic acids is 1. The molecule has 1 aliphatic carbocycles. The Bertz CT molecular complexity index is 612. The second-order valence-corrected chi connectivity index (χ2v) is 5.37. The molecule has 2 aromatic rings. The van der Waals surface area contributed by atoms with E-state index >= 15 is 0 Å². The molecule has 0 saturated heterocycles. The van der Waals surface area contributed by atoms with Gasteiger partial charge in [-0.3, -0.25) is 4.79 Å². The van der Waals surface area contributed by atoms with Gasteiger partial charge in [-0.25, -0.2) is 0 Å². The van der Waals surface area contributed by atoms with Gasteiger partial charge in [-0.15, -0.1) is 0 Å². The van der Waals surface area contributed by atoms with Crippen LogP contribution in [-0.2, 0) is 7.05 Å². The summed E-state index contributed by atoms with van der Waals surface area (Å²) in [5.74, 6) is 0.395. The highest BCUT2D eigenvalue weighted by Crippen LogP contribution is 2.26. The third kappa shape index (κ3) is 2.24. The molecule has 0 aliphatic heterocycles. The van der Waals surface area contributed by atoms with E-state index in [0.29, 0.717) is 12.5 Å². The molecule has 1 heterocycles.